The molecular weight excluding hydrogens is 456 g/mol. The average molecular weight is 505 g/mol. The van der Waals surface area contributed by atoms with Crippen LogP contribution in [0.4, 0.5) is 0 Å². The van der Waals surface area contributed by atoms with Crippen LogP contribution >= 0.6 is 0 Å². The number of esters is 3. The zero-order valence-corrected chi connectivity index (χ0v) is 23.3. The van der Waals surface area contributed by atoms with E-state index < -0.39 is 0 Å². The fourth-order valence-corrected chi connectivity index (χ4v) is 9.68. The van der Waals surface area contributed by atoms with E-state index in [0.717, 1.165) is 38.5 Å². The molecule has 10 atom stereocenters. The molecule has 0 aromatic carbocycles. The molecule has 6 heteroatoms. The van der Waals surface area contributed by atoms with Crippen LogP contribution in [0.1, 0.15) is 105 Å². The number of hydrogen-bond acceptors (Lipinski definition) is 6. The van der Waals surface area contributed by atoms with Gasteiger partial charge in [-0.05, 0) is 105 Å². The first kappa shape index (κ1) is 27.4. The Morgan fingerprint density at radius 3 is 2.22 bits per heavy atom. The van der Waals surface area contributed by atoms with Crippen molar-refractivity contribution < 1.29 is 28.6 Å². The minimum Gasteiger partial charge on any atom is -0.469 e. The number of carbonyl (C=O) groups excluding carboxylic acids is 3. The quantitative estimate of drug-likeness (QED) is 0.308. The van der Waals surface area contributed by atoms with Gasteiger partial charge in [-0.25, -0.2) is 0 Å². The SMILES string of the molecule is COC(=O)CCC[C@@H](C)C1CCC2C3C(CC[C@@]21C)[C@@]1(C)CC[C@@H](OC(C)=O)CC1C[C@H]3OC(C)=O. The van der Waals surface area contributed by atoms with Crippen molar-refractivity contribution in [3.05, 3.63) is 0 Å². The summed E-state index contributed by atoms with van der Waals surface area (Å²) in [4.78, 5) is 35.5. The van der Waals surface area contributed by atoms with E-state index in [1.807, 2.05) is 0 Å². The summed E-state index contributed by atoms with van der Waals surface area (Å²) in [6.07, 6.45) is 11.0. The molecule has 0 heterocycles. The van der Waals surface area contributed by atoms with E-state index in [4.69, 9.17) is 14.2 Å². The van der Waals surface area contributed by atoms with Gasteiger partial charge in [-0.1, -0.05) is 20.8 Å². The van der Waals surface area contributed by atoms with Crippen molar-refractivity contribution in [3.8, 4) is 0 Å². The molecule has 0 bridgehead atoms. The molecule has 0 spiro atoms. The van der Waals surface area contributed by atoms with Gasteiger partial charge in [-0.3, -0.25) is 14.4 Å². The lowest BCUT2D eigenvalue weighted by Gasteiger charge is -2.62. The van der Waals surface area contributed by atoms with Crippen LogP contribution in [-0.4, -0.2) is 37.2 Å². The van der Waals surface area contributed by atoms with Crippen LogP contribution < -0.4 is 0 Å². The number of fused-ring (bicyclic) bond motifs is 5. The summed E-state index contributed by atoms with van der Waals surface area (Å²) in [5.41, 5.74) is 0.464. The lowest BCUT2D eigenvalue weighted by molar-refractivity contribution is -0.197. The van der Waals surface area contributed by atoms with Gasteiger partial charge in [0.25, 0.3) is 0 Å². The molecule has 0 aromatic heterocycles. The van der Waals surface area contributed by atoms with Crippen LogP contribution in [-0.2, 0) is 28.6 Å². The van der Waals surface area contributed by atoms with Gasteiger partial charge in [-0.15, -0.1) is 0 Å². The Morgan fingerprint density at radius 2 is 1.56 bits per heavy atom. The number of hydrogen-bond donors (Lipinski definition) is 0. The molecule has 0 amide bonds. The highest BCUT2D eigenvalue weighted by Gasteiger charge is 2.63. The molecule has 6 nitrogen and oxygen atoms in total. The lowest BCUT2D eigenvalue weighted by Crippen LogP contribution is -2.59. The summed E-state index contributed by atoms with van der Waals surface area (Å²) < 4.78 is 16.6. The molecule has 0 aromatic rings. The zero-order chi connectivity index (χ0) is 26.3. The standard InChI is InChI=1S/C30H48O6/c1-18(8-7-9-27(33)34-6)23-10-11-24-28-25(13-15-30(23,24)5)29(4)14-12-22(35-19(2)31)16-21(29)17-26(28)36-20(3)32/h18,21-26,28H,7-17H2,1-6H3/t18-,21?,22-,23?,24?,25?,26-,28?,29+,30-/m1/s1. The van der Waals surface area contributed by atoms with Gasteiger partial charge in [-0.2, -0.15) is 0 Å². The molecule has 36 heavy (non-hydrogen) atoms. The maximum absolute atomic E-state index is 12.2. The second-order valence-electron chi connectivity index (χ2n) is 13.1. The molecule has 5 unspecified atom stereocenters. The topological polar surface area (TPSA) is 78.9 Å². The highest BCUT2D eigenvalue weighted by molar-refractivity contribution is 5.69. The Balaban J connectivity index is 1.54. The Hall–Kier alpha value is -1.59. The van der Waals surface area contributed by atoms with Crippen molar-refractivity contribution in [2.24, 2.45) is 46.3 Å². The second-order valence-corrected chi connectivity index (χ2v) is 13.1. The van der Waals surface area contributed by atoms with Crippen molar-refractivity contribution in [2.75, 3.05) is 7.11 Å². The van der Waals surface area contributed by atoms with Crippen LogP contribution in [0.5, 0.6) is 0 Å². The van der Waals surface area contributed by atoms with E-state index >= 15 is 0 Å². The monoisotopic (exact) mass is 504 g/mol. The maximum Gasteiger partial charge on any atom is 0.305 e. The average Bonchev–Trinajstić information content (AvgIpc) is 3.16. The lowest BCUT2D eigenvalue weighted by atomic mass is 9.43. The van der Waals surface area contributed by atoms with E-state index in [9.17, 15) is 14.4 Å². The predicted molar refractivity (Wildman–Crippen MR) is 137 cm³/mol. The Bertz CT molecular complexity index is 839. The first-order chi connectivity index (χ1) is 17.0. The van der Waals surface area contributed by atoms with Crippen molar-refractivity contribution in [1.82, 2.24) is 0 Å². The molecule has 4 aliphatic rings. The third-order valence-corrected chi connectivity index (χ3v) is 11.3. The number of rotatable bonds is 7. The zero-order valence-electron chi connectivity index (χ0n) is 23.3. The number of carbonyl (C=O) groups is 3. The summed E-state index contributed by atoms with van der Waals surface area (Å²) in [5.74, 6) is 2.67. The summed E-state index contributed by atoms with van der Waals surface area (Å²) in [6, 6.07) is 0. The van der Waals surface area contributed by atoms with Crippen molar-refractivity contribution in [2.45, 2.75) is 117 Å². The summed E-state index contributed by atoms with van der Waals surface area (Å²) in [5, 5.41) is 0. The van der Waals surface area contributed by atoms with Crippen molar-refractivity contribution in [3.63, 3.8) is 0 Å². The Labute approximate surface area is 217 Å². The third kappa shape index (κ3) is 5.07. The molecule has 0 N–H and O–H groups in total. The van der Waals surface area contributed by atoms with E-state index in [1.165, 1.54) is 39.7 Å². The largest absolute Gasteiger partial charge is 0.469 e. The molecule has 0 aliphatic heterocycles. The van der Waals surface area contributed by atoms with Gasteiger partial charge in [0.2, 0.25) is 0 Å². The first-order valence-electron chi connectivity index (χ1n) is 14.4. The van der Waals surface area contributed by atoms with Crippen LogP contribution in [0.25, 0.3) is 0 Å². The maximum atomic E-state index is 12.2. The smallest absolute Gasteiger partial charge is 0.305 e. The highest BCUT2D eigenvalue weighted by Crippen LogP contribution is 2.68. The van der Waals surface area contributed by atoms with Crippen LogP contribution in [0.2, 0.25) is 0 Å². The molecule has 0 radical (unpaired) electrons. The van der Waals surface area contributed by atoms with E-state index in [0.29, 0.717) is 41.9 Å². The summed E-state index contributed by atoms with van der Waals surface area (Å²) in [7, 11) is 1.46. The van der Waals surface area contributed by atoms with E-state index in [2.05, 4.69) is 20.8 Å². The minimum absolute atomic E-state index is 0.00865. The minimum atomic E-state index is -0.194. The van der Waals surface area contributed by atoms with E-state index in [-0.39, 0.29) is 40.9 Å². The molecule has 4 saturated carbocycles. The first-order valence-corrected chi connectivity index (χ1v) is 14.4. The fourth-order valence-electron chi connectivity index (χ4n) is 9.68. The number of ether oxygens (including phenoxy) is 3. The molecule has 4 fully saturated rings. The predicted octanol–water partition coefficient (Wildman–Crippen LogP) is 6.10. The Kier molecular flexibility index (Phi) is 8.12. The highest BCUT2D eigenvalue weighted by atomic mass is 16.5. The van der Waals surface area contributed by atoms with Gasteiger partial charge in [0.05, 0.1) is 7.11 Å². The van der Waals surface area contributed by atoms with Crippen LogP contribution in [0.15, 0.2) is 0 Å². The third-order valence-electron chi connectivity index (χ3n) is 11.3. The summed E-state index contributed by atoms with van der Waals surface area (Å²) in [6.45, 7) is 10.4. The molecule has 0 saturated heterocycles. The van der Waals surface area contributed by atoms with Crippen molar-refractivity contribution in [1.29, 1.82) is 0 Å². The molecular formula is C30H48O6. The van der Waals surface area contributed by atoms with Gasteiger partial charge < -0.3 is 14.2 Å². The van der Waals surface area contributed by atoms with Gasteiger partial charge >= 0.3 is 17.9 Å². The molecule has 4 rings (SSSR count). The summed E-state index contributed by atoms with van der Waals surface area (Å²) >= 11 is 0. The van der Waals surface area contributed by atoms with Crippen LogP contribution in [0.3, 0.4) is 0 Å². The van der Waals surface area contributed by atoms with Crippen molar-refractivity contribution >= 4 is 17.9 Å². The van der Waals surface area contributed by atoms with Gasteiger partial charge in [0, 0.05) is 26.2 Å². The van der Waals surface area contributed by atoms with Crippen LogP contribution in [0, 0.1) is 46.3 Å². The molecule has 204 valence electrons. The van der Waals surface area contributed by atoms with Gasteiger partial charge in [0.15, 0.2) is 0 Å². The van der Waals surface area contributed by atoms with E-state index in [1.54, 1.807) is 6.92 Å². The normalized spacial score (nSPS) is 42.3. The number of methoxy groups -OCH3 is 1. The fraction of sp³-hybridized carbons (Fsp3) is 0.900. The van der Waals surface area contributed by atoms with Gasteiger partial charge in [0.1, 0.15) is 12.2 Å². The second kappa shape index (κ2) is 10.6. The Morgan fingerprint density at radius 1 is 0.889 bits per heavy atom. The molecule has 4 aliphatic carbocycles.